The molecule has 0 amide bonds. The van der Waals surface area contributed by atoms with Crippen molar-refractivity contribution in [3.05, 3.63) is 48.6 Å². The summed E-state index contributed by atoms with van der Waals surface area (Å²) in [4.78, 5) is 9.51. The van der Waals surface area contributed by atoms with Gasteiger partial charge in [0.25, 0.3) is 0 Å². The molecule has 0 unspecified atom stereocenters. The predicted molar refractivity (Wildman–Crippen MR) is 86.6 cm³/mol. The van der Waals surface area contributed by atoms with Crippen LogP contribution in [0.15, 0.2) is 52.1 Å². The zero-order valence-corrected chi connectivity index (χ0v) is 13.5. The predicted octanol–water partition coefficient (Wildman–Crippen LogP) is 3.44. The van der Waals surface area contributed by atoms with Gasteiger partial charge in [0.15, 0.2) is 11.5 Å². The smallest absolute Gasteiger partial charge is 0.237 e. The average molecular weight is 329 g/mol. The lowest BCUT2D eigenvalue weighted by atomic mass is 10.2. The molecule has 0 radical (unpaired) electrons. The second kappa shape index (κ2) is 7.15. The van der Waals surface area contributed by atoms with Crippen molar-refractivity contribution in [1.82, 2.24) is 15.1 Å². The molecular formula is C16H15N3O3S. The first-order valence-electron chi connectivity index (χ1n) is 6.88. The number of hydrogen-bond acceptors (Lipinski definition) is 7. The lowest BCUT2D eigenvalue weighted by Gasteiger charge is -2.07. The van der Waals surface area contributed by atoms with Crippen LogP contribution in [0.5, 0.6) is 11.5 Å². The van der Waals surface area contributed by atoms with E-state index in [9.17, 15) is 0 Å². The van der Waals surface area contributed by atoms with Crippen molar-refractivity contribution in [3.8, 4) is 22.9 Å². The molecule has 0 saturated heterocycles. The highest BCUT2D eigenvalue weighted by molar-refractivity contribution is 7.98. The second-order valence-electron chi connectivity index (χ2n) is 4.55. The largest absolute Gasteiger partial charge is 0.493 e. The van der Waals surface area contributed by atoms with Crippen molar-refractivity contribution in [2.45, 2.75) is 10.6 Å². The Morgan fingerprint density at radius 1 is 1.04 bits per heavy atom. The topological polar surface area (TPSA) is 70.3 Å². The molecule has 0 aliphatic carbocycles. The zero-order valence-electron chi connectivity index (χ0n) is 12.7. The van der Waals surface area contributed by atoms with E-state index in [1.54, 1.807) is 38.4 Å². The maximum atomic E-state index is 5.30. The Kier molecular flexibility index (Phi) is 4.77. The first-order chi connectivity index (χ1) is 11.3. The van der Waals surface area contributed by atoms with Crippen LogP contribution in [0, 0.1) is 0 Å². The fourth-order valence-electron chi connectivity index (χ4n) is 1.99. The lowest BCUT2D eigenvalue weighted by Crippen LogP contribution is -1.91. The Hall–Kier alpha value is -2.54. The zero-order chi connectivity index (χ0) is 16.1. The van der Waals surface area contributed by atoms with Crippen LogP contribution < -0.4 is 9.47 Å². The first kappa shape index (κ1) is 15.4. The number of nitrogens with zero attached hydrogens (tertiary/aromatic N) is 3. The second-order valence-corrected chi connectivity index (χ2v) is 5.60. The van der Waals surface area contributed by atoms with Gasteiger partial charge in [-0.3, -0.25) is 4.98 Å². The van der Waals surface area contributed by atoms with Crippen LogP contribution in [-0.2, 0) is 5.75 Å². The minimum atomic E-state index is 0.524. The van der Waals surface area contributed by atoms with Gasteiger partial charge in [-0.1, -0.05) is 5.16 Å². The highest BCUT2D eigenvalue weighted by atomic mass is 32.2. The van der Waals surface area contributed by atoms with Crippen LogP contribution in [0.1, 0.15) is 5.89 Å². The van der Waals surface area contributed by atoms with E-state index in [1.165, 1.54) is 0 Å². The number of thioether (sulfide) groups is 1. The van der Waals surface area contributed by atoms with Gasteiger partial charge in [0, 0.05) is 22.9 Å². The van der Waals surface area contributed by atoms with E-state index in [2.05, 4.69) is 15.1 Å². The van der Waals surface area contributed by atoms with Gasteiger partial charge in [-0.2, -0.15) is 4.98 Å². The summed E-state index contributed by atoms with van der Waals surface area (Å²) in [5.41, 5.74) is 0.812. The molecule has 1 aromatic carbocycles. The minimum Gasteiger partial charge on any atom is -0.493 e. The van der Waals surface area contributed by atoms with Crippen molar-refractivity contribution in [1.29, 1.82) is 0 Å². The molecule has 0 N–H and O–H groups in total. The molecular weight excluding hydrogens is 314 g/mol. The van der Waals surface area contributed by atoms with Crippen LogP contribution in [0.4, 0.5) is 0 Å². The van der Waals surface area contributed by atoms with Gasteiger partial charge in [0.05, 0.1) is 20.0 Å². The third-order valence-corrected chi connectivity index (χ3v) is 4.12. The van der Waals surface area contributed by atoms with Crippen LogP contribution in [0.3, 0.4) is 0 Å². The molecule has 0 aliphatic rings. The van der Waals surface area contributed by atoms with Gasteiger partial charge in [-0.25, -0.2) is 0 Å². The van der Waals surface area contributed by atoms with Crippen molar-refractivity contribution in [3.63, 3.8) is 0 Å². The summed E-state index contributed by atoms with van der Waals surface area (Å²) in [7, 11) is 3.19. The summed E-state index contributed by atoms with van der Waals surface area (Å²) in [6, 6.07) is 9.39. The number of benzene rings is 1. The summed E-state index contributed by atoms with van der Waals surface area (Å²) in [6.45, 7) is 0. The molecule has 2 aromatic heterocycles. The highest BCUT2D eigenvalue weighted by Gasteiger charge is 2.12. The SMILES string of the molecule is COc1ccc(-c2noc(CSc3ccncc3)n2)cc1OC. The molecule has 23 heavy (non-hydrogen) atoms. The Morgan fingerprint density at radius 3 is 2.57 bits per heavy atom. The molecule has 118 valence electrons. The fourth-order valence-corrected chi connectivity index (χ4v) is 2.71. The quantitative estimate of drug-likeness (QED) is 0.641. The number of methoxy groups -OCH3 is 2. The van der Waals surface area contributed by atoms with E-state index in [4.69, 9.17) is 14.0 Å². The van der Waals surface area contributed by atoms with E-state index < -0.39 is 0 Å². The highest BCUT2D eigenvalue weighted by Crippen LogP contribution is 2.31. The molecule has 6 nitrogen and oxygen atoms in total. The molecule has 0 atom stereocenters. The molecule has 7 heteroatoms. The van der Waals surface area contributed by atoms with Gasteiger partial charge >= 0.3 is 0 Å². The molecule has 2 heterocycles. The monoisotopic (exact) mass is 329 g/mol. The third kappa shape index (κ3) is 3.62. The standard InChI is InChI=1S/C16H15N3O3S/c1-20-13-4-3-11(9-14(13)21-2)16-18-15(22-19-16)10-23-12-5-7-17-8-6-12/h3-9H,10H2,1-2H3. The maximum absolute atomic E-state index is 5.30. The van der Waals surface area contributed by atoms with Crippen molar-refractivity contribution >= 4 is 11.8 Å². The minimum absolute atomic E-state index is 0.524. The van der Waals surface area contributed by atoms with Gasteiger partial charge in [0.1, 0.15) is 0 Å². The summed E-state index contributed by atoms with van der Waals surface area (Å²) < 4.78 is 15.8. The normalized spacial score (nSPS) is 10.5. The summed E-state index contributed by atoms with van der Waals surface area (Å²) in [6.07, 6.45) is 3.51. The van der Waals surface area contributed by atoms with Gasteiger partial charge in [0.2, 0.25) is 11.7 Å². The Labute approximate surface area is 137 Å². The Balaban J connectivity index is 1.74. The maximum Gasteiger partial charge on any atom is 0.237 e. The van der Waals surface area contributed by atoms with Crippen LogP contribution in [0.25, 0.3) is 11.4 Å². The van der Waals surface area contributed by atoms with E-state index in [0.29, 0.717) is 29.0 Å². The molecule has 0 fully saturated rings. The number of pyridine rings is 1. The Morgan fingerprint density at radius 2 is 1.83 bits per heavy atom. The first-order valence-corrected chi connectivity index (χ1v) is 7.86. The summed E-state index contributed by atoms with van der Waals surface area (Å²) >= 11 is 1.61. The van der Waals surface area contributed by atoms with E-state index in [-0.39, 0.29) is 0 Å². The molecule has 3 rings (SSSR count). The Bertz CT molecular complexity index is 777. The van der Waals surface area contributed by atoms with Gasteiger partial charge < -0.3 is 14.0 Å². The van der Waals surface area contributed by atoms with E-state index in [0.717, 1.165) is 10.5 Å². The van der Waals surface area contributed by atoms with E-state index in [1.807, 2.05) is 30.3 Å². The molecule has 0 bridgehead atoms. The molecule has 3 aromatic rings. The van der Waals surface area contributed by atoms with Crippen LogP contribution >= 0.6 is 11.8 Å². The van der Waals surface area contributed by atoms with Gasteiger partial charge in [-0.15, -0.1) is 11.8 Å². The average Bonchev–Trinajstić information content (AvgIpc) is 3.09. The third-order valence-electron chi connectivity index (χ3n) is 3.12. The molecule has 0 saturated carbocycles. The van der Waals surface area contributed by atoms with Crippen LogP contribution in [0.2, 0.25) is 0 Å². The number of ether oxygens (including phenoxy) is 2. The summed E-state index contributed by atoms with van der Waals surface area (Å²) in [5, 5.41) is 4.02. The van der Waals surface area contributed by atoms with Crippen molar-refractivity contribution < 1.29 is 14.0 Å². The fraction of sp³-hybridized carbons (Fsp3) is 0.188. The number of hydrogen-bond donors (Lipinski definition) is 0. The number of aromatic nitrogens is 3. The molecule has 0 spiro atoms. The van der Waals surface area contributed by atoms with Crippen molar-refractivity contribution in [2.24, 2.45) is 0 Å². The molecule has 0 aliphatic heterocycles. The van der Waals surface area contributed by atoms with Crippen LogP contribution in [-0.4, -0.2) is 29.3 Å². The van der Waals surface area contributed by atoms with Gasteiger partial charge in [-0.05, 0) is 30.3 Å². The lowest BCUT2D eigenvalue weighted by molar-refractivity contribution is 0.355. The van der Waals surface area contributed by atoms with Crippen molar-refractivity contribution in [2.75, 3.05) is 14.2 Å². The number of rotatable bonds is 6. The summed E-state index contributed by atoms with van der Waals surface area (Å²) in [5.74, 6) is 2.98. The van der Waals surface area contributed by atoms with E-state index >= 15 is 0 Å².